The highest BCUT2D eigenvalue weighted by atomic mass is 16.7. The zero-order chi connectivity index (χ0) is 21.6. The lowest BCUT2D eigenvalue weighted by molar-refractivity contribution is -0.204. The maximum absolute atomic E-state index is 6.65. The van der Waals surface area contributed by atoms with Crippen molar-refractivity contribution in [3.05, 3.63) is 59.2 Å². The molecule has 5 rings (SSSR count). The van der Waals surface area contributed by atoms with Crippen LogP contribution in [0.2, 0.25) is 0 Å². The molecule has 3 aliphatic rings. The van der Waals surface area contributed by atoms with Crippen LogP contribution >= 0.6 is 0 Å². The average Bonchev–Trinajstić information content (AvgIpc) is 3.37. The summed E-state index contributed by atoms with van der Waals surface area (Å²) < 4.78 is 24.1. The number of fused-ring (bicyclic) bond motifs is 1. The van der Waals surface area contributed by atoms with Crippen LogP contribution in [-0.2, 0) is 14.9 Å². The molecule has 0 N–H and O–H groups in total. The first-order chi connectivity index (χ1) is 15.0. The van der Waals surface area contributed by atoms with Gasteiger partial charge < -0.3 is 23.8 Å². The second-order valence-electron chi connectivity index (χ2n) is 9.40. The van der Waals surface area contributed by atoms with Gasteiger partial charge in [0.2, 0.25) is 0 Å². The molecule has 2 saturated heterocycles. The molecule has 1 saturated carbocycles. The molecule has 5 nitrogen and oxygen atoms in total. The fourth-order valence-electron chi connectivity index (χ4n) is 5.98. The molecule has 2 aromatic carbocycles. The molecule has 2 unspecified atom stereocenters. The van der Waals surface area contributed by atoms with Gasteiger partial charge in [-0.1, -0.05) is 24.3 Å². The molecule has 1 aliphatic carbocycles. The number of rotatable bonds is 4. The highest BCUT2D eigenvalue weighted by Crippen LogP contribution is 2.55. The molecule has 0 amide bonds. The number of benzene rings is 2. The summed E-state index contributed by atoms with van der Waals surface area (Å²) in [6.45, 7) is 3.79. The van der Waals surface area contributed by atoms with E-state index in [1.807, 2.05) is 12.1 Å². The summed E-state index contributed by atoms with van der Waals surface area (Å²) in [4.78, 5) is 2.50. The van der Waals surface area contributed by atoms with Gasteiger partial charge in [0.05, 0.1) is 20.8 Å². The Labute approximate surface area is 185 Å². The summed E-state index contributed by atoms with van der Waals surface area (Å²) in [5.74, 6) is 1.33. The van der Waals surface area contributed by atoms with Gasteiger partial charge in [-0.05, 0) is 68.2 Å². The maximum Gasteiger partial charge on any atom is 0.170 e. The van der Waals surface area contributed by atoms with Crippen LogP contribution < -0.4 is 9.47 Å². The van der Waals surface area contributed by atoms with E-state index >= 15 is 0 Å². The van der Waals surface area contributed by atoms with Crippen molar-refractivity contribution in [2.24, 2.45) is 0 Å². The van der Waals surface area contributed by atoms with Crippen molar-refractivity contribution < 1.29 is 18.9 Å². The van der Waals surface area contributed by atoms with Crippen molar-refractivity contribution >= 4 is 0 Å². The molecule has 5 heteroatoms. The summed E-state index contributed by atoms with van der Waals surface area (Å²) in [6, 6.07) is 15.3. The van der Waals surface area contributed by atoms with E-state index in [-0.39, 0.29) is 11.5 Å². The van der Waals surface area contributed by atoms with Crippen molar-refractivity contribution in [3.63, 3.8) is 0 Å². The van der Waals surface area contributed by atoms with Gasteiger partial charge in [-0.25, -0.2) is 0 Å². The van der Waals surface area contributed by atoms with Crippen molar-refractivity contribution in [1.29, 1.82) is 0 Å². The van der Waals surface area contributed by atoms with Crippen LogP contribution in [0.5, 0.6) is 11.5 Å². The number of ether oxygens (including phenoxy) is 4. The van der Waals surface area contributed by atoms with E-state index in [0.29, 0.717) is 12.6 Å². The van der Waals surface area contributed by atoms with Crippen LogP contribution in [0.4, 0.5) is 0 Å². The van der Waals surface area contributed by atoms with Gasteiger partial charge in [-0.15, -0.1) is 0 Å². The van der Waals surface area contributed by atoms with Gasteiger partial charge in [-0.3, -0.25) is 0 Å². The lowest BCUT2D eigenvalue weighted by Gasteiger charge is -2.48. The summed E-state index contributed by atoms with van der Waals surface area (Å²) in [6.07, 6.45) is 3.97. The molecule has 0 aromatic heterocycles. The second-order valence-corrected chi connectivity index (χ2v) is 9.40. The fourth-order valence-corrected chi connectivity index (χ4v) is 5.98. The molecule has 4 atom stereocenters. The first-order valence-electron chi connectivity index (χ1n) is 11.3. The number of hydrogen-bond acceptors (Lipinski definition) is 5. The molecule has 2 aliphatic heterocycles. The molecule has 2 heterocycles. The molecule has 31 heavy (non-hydrogen) atoms. The average molecular weight is 424 g/mol. The molecular weight excluding hydrogens is 390 g/mol. The third-order valence-corrected chi connectivity index (χ3v) is 7.84. The van der Waals surface area contributed by atoms with Crippen molar-refractivity contribution in [3.8, 4) is 11.5 Å². The minimum atomic E-state index is -0.505. The lowest BCUT2D eigenvalue weighted by Crippen LogP contribution is -2.52. The smallest absolute Gasteiger partial charge is 0.170 e. The van der Waals surface area contributed by atoms with E-state index in [1.165, 1.54) is 11.1 Å². The summed E-state index contributed by atoms with van der Waals surface area (Å²) in [7, 11) is 5.70. The zero-order valence-electron chi connectivity index (χ0n) is 19.0. The van der Waals surface area contributed by atoms with Gasteiger partial charge in [-0.2, -0.15) is 0 Å². The number of hydrogen-bond donors (Lipinski definition) is 0. The minimum absolute atomic E-state index is 0.0474. The molecular formula is C26H33NO4. The SMILES string of the molecule is COc1cccc(C2COC3(CC[C@@]4(c5ccc(C)c(OC)c5)CCN(C)[C@H]4C3)O2)c1. The molecule has 0 radical (unpaired) electrons. The van der Waals surface area contributed by atoms with E-state index in [0.717, 1.165) is 49.3 Å². The number of methoxy groups -OCH3 is 2. The van der Waals surface area contributed by atoms with Crippen LogP contribution in [0.15, 0.2) is 42.5 Å². The Morgan fingerprint density at radius 3 is 2.71 bits per heavy atom. The van der Waals surface area contributed by atoms with Crippen LogP contribution in [0.3, 0.4) is 0 Å². The van der Waals surface area contributed by atoms with Crippen LogP contribution in [-0.4, -0.2) is 51.1 Å². The van der Waals surface area contributed by atoms with Crippen LogP contribution in [0.1, 0.15) is 48.5 Å². The molecule has 166 valence electrons. The van der Waals surface area contributed by atoms with Crippen LogP contribution in [0, 0.1) is 6.92 Å². The minimum Gasteiger partial charge on any atom is -0.497 e. The Morgan fingerprint density at radius 1 is 1.03 bits per heavy atom. The van der Waals surface area contributed by atoms with Crippen molar-refractivity contribution in [2.75, 3.05) is 34.4 Å². The number of likely N-dealkylation sites (N-methyl/N-ethyl adjacent to an activating group) is 1. The number of likely N-dealkylation sites (tertiary alicyclic amines) is 1. The fraction of sp³-hybridized carbons (Fsp3) is 0.538. The quantitative estimate of drug-likeness (QED) is 0.718. The Bertz CT molecular complexity index is 962. The van der Waals surface area contributed by atoms with E-state index < -0.39 is 5.79 Å². The second kappa shape index (κ2) is 7.80. The van der Waals surface area contributed by atoms with Gasteiger partial charge >= 0.3 is 0 Å². The largest absolute Gasteiger partial charge is 0.497 e. The Morgan fingerprint density at radius 2 is 1.90 bits per heavy atom. The summed E-state index contributed by atoms with van der Waals surface area (Å²) >= 11 is 0. The number of nitrogens with zero attached hydrogens (tertiary/aromatic N) is 1. The first-order valence-corrected chi connectivity index (χ1v) is 11.3. The molecule has 2 aromatic rings. The van der Waals surface area contributed by atoms with Crippen molar-refractivity contribution in [2.45, 2.75) is 56.0 Å². The monoisotopic (exact) mass is 423 g/mol. The molecule has 3 fully saturated rings. The Kier molecular flexibility index (Phi) is 5.24. The predicted octanol–water partition coefficient (Wildman–Crippen LogP) is 4.62. The van der Waals surface area contributed by atoms with Crippen LogP contribution in [0.25, 0.3) is 0 Å². The highest BCUT2D eigenvalue weighted by Gasteiger charge is 2.57. The Balaban J connectivity index is 1.40. The molecule has 1 spiro atoms. The lowest BCUT2D eigenvalue weighted by atomic mass is 9.64. The maximum atomic E-state index is 6.65. The first kappa shape index (κ1) is 20.8. The van der Waals surface area contributed by atoms with Gasteiger partial charge in [0, 0.05) is 24.3 Å². The van der Waals surface area contributed by atoms with E-state index in [9.17, 15) is 0 Å². The van der Waals surface area contributed by atoms with Gasteiger partial charge in [0.1, 0.15) is 17.6 Å². The zero-order valence-corrected chi connectivity index (χ0v) is 19.0. The third-order valence-electron chi connectivity index (χ3n) is 7.84. The molecule has 0 bridgehead atoms. The standard InChI is InChI=1S/C26H33NO4/c1-18-8-9-20(15-22(18)29-4)25-10-11-26(16-24(25)27(2)13-12-25)30-17-23(31-26)19-6-5-7-21(14-19)28-3/h5-9,14-15,23-24H,10-13,16-17H2,1-4H3/t23?,24-,25-,26?/m0/s1. The van der Waals surface area contributed by atoms with Gasteiger partial charge in [0.15, 0.2) is 5.79 Å². The van der Waals surface area contributed by atoms with Crippen molar-refractivity contribution in [1.82, 2.24) is 4.90 Å². The number of aryl methyl sites for hydroxylation is 1. The van der Waals surface area contributed by atoms with E-state index in [2.05, 4.69) is 49.2 Å². The van der Waals surface area contributed by atoms with Gasteiger partial charge in [0.25, 0.3) is 0 Å². The summed E-state index contributed by atoms with van der Waals surface area (Å²) in [5.41, 5.74) is 3.82. The topological polar surface area (TPSA) is 40.2 Å². The Hall–Kier alpha value is -2.08. The summed E-state index contributed by atoms with van der Waals surface area (Å²) in [5, 5.41) is 0. The van der Waals surface area contributed by atoms with E-state index in [1.54, 1.807) is 14.2 Å². The third kappa shape index (κ3) is 3.43. The highest BCUT2D eigenvalue weighted by molar-refractivity contribution is 5.42. The van der Waals surface area contributed by atoms with E-state index in [4.69, 9.17) is 18.9 Å². The normalized spacial score (nSPS) is 32.9. The predicted molar refractivity (Wildman–Crippen MR) is 120 cm³/mol.